The molecule has 0 saturated heterocycles. The van der Waals surface area contributed by atoms with Crippen LogP contribution in [0.2, 0.25) is 10.0 Å². The molecule has 0 radical (unpaired) electrons. The number of rotatable bonds is 6. The van der Waals surface area contributed by atoms with Crippen LogP contribution in [-0.4, -0.2) is 14.5 Å². The van der Waals surface area contributed by atoms with Crippen molar-refractivity contribution < 1.29 is 0 Å². The summed E-state index contributed by atoms with van der Waals surface area (Å²) < 4.78 is 2.28. The van der Waals surface area contributed by atoms with Crippen molar-refractivity contribution in [2.75, 3.05) is 0 Å². The minimum absolute atomic E-state index is 0.291. The smallest absolute Gasteiger partial charge is 0.136 e. The lowest BCUT2D eigenvalue weighted by Crippen LogP contribution is -2.06. The van der Waals surface area contributed by atoms with Crippen molar-refractivity contribution in [1.82, 2.24) is 14.5 Å². The zero-order chi connectivity index (χ0) is 20.3. The van der Waals surface area contributed by atoms with E-state index in [9.17, 15) is 0 Å². The van der Waals surface area contributed by atoms with Gasteiger partial charge in [-0.2, -0.15) is 0 Å². The summed E-state index contributed by atoms with van der Waals surface area (Å²) in [6.45, 7) is 9.20. The van der Waals surface area contributed by atoms with E-state index in [1.165, 1.54) is 5.56 Å². The number of halogens is 2. The van der Waals surface area contributed by atoms with E-state index in [-0.39, 0.29) is 0 Å². The molecule has 3 nitrogen and oxygen atoms in total. The molecule has 0 N–H and O–H groups in total. The molecule has 0 amide bonds. The van der Waals surface area contributed by atoms with Gasteiger partial charge in [-0.05, 0) is 61.2 Å². The van der Waals surface area contributed by atoms with Crippen molar-refractivity contribution in [2.24, 2.45) is 0 Å². The van der Waals surface area contributed by atoms with Crippen molar-refractivity contribution in [1.29, 1.82) is 0 Å². The zero-order valence-electron chi connectivity index (χ0n) is 16.4. The van der Waals surface area contributed by atoms with Crippen LogP contribution in [0.1, 0.15) is 50.7 Å². The van der Waals surface area contributed by atoms with Crippen LogP contribution in [0.4, 0.5) is 0 Å². The van der Waals surface area contributed by atoms with Crippen LogP contribution in [-0.2, 0) is 6.54 Å². The highest BCUT2D eigenvalue weighted by Crippen LogP contribution is 2.38. The van der Waals surface area contributed by atoms with E-state index in [0.29, 0.717) is 16.0 Å². The lowest BCUT2D eigenvalue weighted by Gasteiger charge is -2.14. The maximum atomic E-state index is 6.23. The Balaban J connectivity index is 2.15. The van der Waals surface area contributed by atoms with Gasteiger partial charge in [-0.3, -0.25) is 4.98 Å². The highest BCUT2D eigenvalue weighted by atomic mass is 35.5. The molecule has 2 aromatic heterocycles. The zero-order valence-corrected chi connectivity index (χ0v) is 18.7. The van der Waals surface area contributed by atoms with Gasteiger partial charge in [0.25, 0.3) is 0 Å². The molecule has 0 spiro atoms. The standard InChI is InChI=1S/C22H23Cl2N3S/c1-5-15(4)21-26-20(14(2)3)22(27(21)13-16-6-8-25-9-7-16)28-19-11-17(23)10-18(24)12-19/h5-12,14H,13H2,1-4H3. The Kier molecular flexibility index (Phi) is 6.86. The summed E-state index contributed by atoms with van der Waals surface area (Å²) >= 11 is 14.1. The highest BCUT2D eigenvalue weighted by molar-refractivity contribution is 7.99. The molecular weight excluding hydrogens is 409 g/mol. The van der Waals surface area contributed by atoms with Crippen LogP contribution < -0.4 is 0 Å². The molecule has 146 valence electrons. The van der Waals surface area contributed by atoms with Crippen molar-refractivity contribution in [3.8, 4) is 0 Å². The second-order valence-electron chi connectivity index (χ2n) is 6.90. The van der Waals surface area contributed by atoms with Gasteiger partial charge in [0.05, 0.1) is 12.2 Å². The second kappa shape index (κ2) is 9.17. The lowest BCUT2D eigenvalue weighted by atomic mass is 10.1. The molecule has 28 heavy (non-hydrogen) atoms. The van der Waals surface area contributed by atoms with Crippen LogP contribution in [0.25, 0.3) is 5.57 Å². The Morgan fingerprint density at radius 3 is 2.36 bits per heavy atom. The highest BCUT2D eigenvalue weighted by Gasteiger charge is 2.21. The fourth-order valence-electron chi connectivity index (χ4n) is 2.89. The number of benzene rings is 1. The number of aromatic nitrogens is 3. The molecule has 0 aliphatic carbocycles. The summed E-state index contributed by atoms with van der Waals surface area (Å²) in [6.07, 6.45) is 5.74. The molecule has 0 bridgehead atoms. The minimum atomic E-state index is 0.291. The fourth-order valence-corrected chi connectivity index (χ4v) is 4.78. The molecule has 0 fully saturated rings. The van der Waals surface area contributed by atoms with E-state index < -0.39 is 0 Å². The first-order valence-electron chi connectivity index (χ1n) is 9.15. The van der Waals surface area contributed by atoms with Gasteiger partial charge in [0, 0.05) is 27.3 Å². The third-order valence-electron chi connectivity index (χ3n) is 4.42. The SMILES string of the molecule is CC=C(C)c1nc(C(C)C)c(Sc2cc(Cl)cc(Cl)c2)n1Cc1ccncc1. The van der Waals surface area contributed by atoms with Gasteiger partial charge in [-0.1, -0.05) is 54.9 Å². The maximum absolute atomic E-state index is 6.23. The molecule has 0 aliphatic heterocycles. The molecule has 2 heterocycles. The second-order valence-corrected chi connectivity index (χ2v) is 8.84. The molecular formula is C22H23Cl2N3S. The number of imidazole rings is 1. The molecule has 6 heteroatoms. The summed E-state index contributed by atoms with van der Waals surface area (Å²) in [4.78, 5) is 10.1. The molecule has 3 rings (SSSR count). The number of allylic oxidation sites excluding steroid dienone is 2. The van der Waals surface area contributed by atoms with Gasteiger partial charge in [0.2, 0.25) is 0 Å². The monoisotopic (exact) mass is 431 g/mol. The summed E-state index contributed by atoms with van der Waals surface area (Å²) in [5.41, 5.74) is 3.40. The van der Waals surface area contributed by atoms with Gasteiger partial charge >= 0.3 is 0 Å². The molecule has 3 aromatic rings. The lowest BCUT2D eigenvalue weighted by molar-refractivity contribution is 0.700. The first-order chi connectivity index (χ1) is 13.4. The van der Waals surface area contributed by atoms with Gasteiger partial charge in [-0.25, -0.2) is 4.98 Å². The first kappa shape index (κ1) is 21.0. The predicted octanol–water partition coefficient (Wildman–Crippen LogP) is 7.33. The number of nitrogens with zero attached hydrogens (tertiary/aromatic N) is 3. The minimum Gasteiger partial charge on any atom is -0.314 e. The Bertz CT molecular complexity index is 974. The molecule has 0 saturated carbocycles. The molecule has 0 aliphatic rings. The van der Waals surface area contributed by atoms with E-state index in [1.807, 2.05) is 43.6 Å². The van der Waals surface area contributed by atoms with Crippen molar-refractivity contribution in [2.45, 2.75) is 50.1 Å². The number of hydrogen-bond donors (Lipinski definition) is 0. The van der Waals surface area contributed by atoms with E-state index in [0.717, 1.165) is 33.6 Å². The molecule has 0 atom stereocenters. The molecule has 1 aromatic carbocycles. The maximum Gasteiger partial charge on any atom is 0.136 e. The van der Waals surface area contributed by atoms with Gasteiger partial charge < -0.3 is 4.57 Å². The van der Waals surface area contributed by atoms with Gasteiger partial charge in [-0.15, -0.1) is 0 Å². The van der Waals surface area contributed by atoms with Gasteiger partial charge in [0.15, 0.2) is 0 Å². The quantitative estimate of drug-likeness (QED) is 0.409. The Hall–Kier alpha value is -1.75. The number of pyridine rings is 1. The summed E-state index contributed by atoms with van der Waals surface area (Å²) in [6, 6.07) is 9.70. The van der Waals surface area contributed by atoms with Gasteiger partial charge in [0.1, 0.15) is 10.9 Å². The Labute approximate surface area is 180 Å². The van der Waals surface area contributed by atoms with Crippen LogP contribution in [0.3, 0.4) is 0 Å². The fraction of sp³-hybridized carbons (Fsp3) is 0.273. The number of hydrogen-bond acceptors (Lipinski definition) is 3. The van der Waals surface area contributed by atoms with Crippen LogP contribution in [0.5, 0.6) is 0 Å². The average molecular weight is 432 g/mol. The van der Waals surface area contributed by atoms with Crippen LogP contribution in [0, 0.1) is 0 Å². The predicted molar refractivity (Wildman–Crippen MR) is 120 cm³/mol. The van der Waals surface area contributed by atoms with Crippen LogP contribution in [0.15, 0.2) is 58.7 Å². The summed E-state index contributed by atoms with van der Waals surface area (Å²) in [7, 11) is 0. The third-order valence-corrected chi connectivity index (χ3v) is 5.95. The van der Waals surface area contributed by atoms with E-state index in [2.05, 4.69) is 36.4 Å². The largest absolute Gasteiger partial charge is 0.314 e. The van der Waals surface area contributed by atoms with Crippen LogP contribution >= 0.6 is 35.0 Å². The molecule has 0 unspecified atom stereocenters. The average Bonchev–Trinajstić information content (AvgIpc) is 2.99. The third kappa shape index (κ3) is 4.80. The first-order valence-corrected chi connectivity index (χ1v) is 10.7. The van der Waals surface area contributed by atoms with E-state index >= 15 is 0 Å². The summed E-state index contributed by atoms with van der Waals surface area (Å²) in [5, 5.41) is 2.37. The Morgan fingerprint density at radius 2 is 1.79 bits per heavy atom. The van der Waals surface area contributed by atoms with E-state index in [4.69, 9.17) is 28.2 Å². The normalized spacial score (nSPS) is 12.0. The summed E-state index contributed by atoms with van der Waals surface area (Å²) in [5.74, 6) is 1.28. The van der Waals surface area contributed by atoms with E-state index in [1.54, 1.807) is 17.8 Å². The Morgan fingerprint density at radius 1 is 1.14 bits per heavy atom. The van der Waals surface area contributed by atoms with Crippen molar-refractivity contribution in [3.05, 3.63) is 75.9 Å². The topological polar surface area (TPSA) is 30.7 Å². The van der Waals surface area contributed by atoms with Crippen molar-refractivity contribution >= 4 is 40.5 Å². The van der Waals surface area contributed by atoms with Crippen molar-refractivity contribution in [3.63, 3.8) is 0 Å².